The standard InChI is InChI=1S/C9H16N6O2/c1-6(2)4-14(3)9-7(15(16)17)8(13-10)11-5-12-9/h5-6H,4,10H2,1-3H3,(H,11,12,13). The zero-order valence-corrected chi connectivity index (χ0v) is 10.0. The molecule has 1 rings (SSSR count). The average Bonchev–Trinajstić information content (AvgIpc) is 2.26. The molecule has 8 heteroatoms. The number of hydrogen-bond acceptors (Lipinski definition) is 7. The fraction of sp³-hybridized carbons (Fsp3) is 0.556. The lowest BCUT2D eigenvalue weighted by molar-refractivity contribution is -0.383. The normalized spacial score (nSPS) is 10.4. The first kappa shape index (κ1) is 13.1. The van der Waals surface area contributed by atoms with Crippen molar-refractivity contribution < 1.29 is 4.92 Å². The van der Waals surface area contributed by atoms with Gasteiger partial charge in [-0.2, -0.15) is 0 Å². The van der Waals surface area contributed by atoms with Crippen LogP contribution in [0.15, 0.2) is 6.33 Å². The zero-order valence-electron chi connectivity index (χ0n) is 10.0. The predicted molar refractivity (Wildman–Crippen MR) is 64.6 cm³/mol. The van der Waals surface area contributed by atoms with E-state index in [0.717, 1.165) is 0 Å². The fourth-order valence-corrected chi connectivity index (χ4v) is 1.56. The Balaban J connectivity index is 3.18. The van der Waals surface area contributed by atoms with Gasteiger partial charge in [-0.25, -0.2) is 15.8 Å². The lowest BCUT2D eigenvalue weighted by atomic mass is 10.2. The van der Waals surface area contributed by atoms with Gasteiger partial charge in [0.2, 0.25) is 11.6 Å². The number of aromatic nitrogens is 2. The lowest BCUT2D eigenvalue weighted by Crippen LogP contribution is -2.25. The van der Waals surface area contributed by atoms with Crippen LogP contribution >= 0.6 is 0 Å². The highest BCUT2D eigenvalue weighted by Gasteiger charge is 2.25. The Labute approximate surface area is 99.0 Å². The highest BCUT2D eigenvalue weighted by Crippen LogP contribution is 2.30. The number of nitrogens with two attached hydrogens (primary N) is 1. The van der Waals surface area contributed by atoms with Gasteiger partial charge in [-0.15, -0.1) is 0 Å². The number of hydrogen-bond donors (Lipinski definition) is 2. The van der Waals surface area contributed by atoms with Crippen LogP contribution in [0.1, 0.15) is 13.8 Å². The van der Waals surface area contributed by atoms with E-state index in [0.29, 0.717) is 12.5 Å². The summed E-state index contributed by atoms with van der Waals surface area (Å²) in [4.78, 5) is 19.8. The number of rotatable bonds is 5. The van der Waals surface area contributed by atoms with Gasteiger partial charge in [-0.3, -0.25) is 10.1 Å². The molecule has 0 unspecified atom stereocenters. The molecule has 0 aliphatic rings. The third kappa shape index (κ3) is 3.00. The second-order valence-electron chi connectivity index (χ2n) is 4.07. The molecule has 1 aromatic heterocycles. The highest BCUT2D eigenvalue weighted by atomic mass is 16.6. The topological polar surface area (TPSA) is 110 Å². The molecule has 0 atom stereocenters. The fourth-order valence-electron chi connectivity index (χ4n) is 1.56. The number of hydrazine groups is 1. The predicted octanol–water partition coefficient (Wildman–Crippen LogP) is 0.763. The Bertz CT molecular complexity index is 408. The first-order valence-electron chi connectivity index (χ1n) is 5.14. The van der Waals surface area contributed by atoms with Crippen LogP contribution in [0.2, 0.25) is 0 Å². The van der Waals surface area contributed by atoms with Crippen molar-refractivity contribution in [3.8, 4) is 0 Å². The SMILES string of the molecule is CC(C)CN(C)c1ncnc(NN)c1[N+](=O)[O-]. The van der Waals surface area contributed by atoms with E-state index in [2.05, 4.69) is 15.4 Å². The Hall–Kier alpha value is -1.96. The van der Waals surface area contributed by atoms with E-state index in [1.54, 1.807) is 11.9 Å². The molecule has 0 spiro atoms. The maximum absolute atomic E-state index is 11.0. The van der Waals surface area contributed by atoms with Crippen molar-refractivity contribution in [1.29, 1.82) is 0 Å². The average molecular weight is 240 g/mol. The summed E-state index contributed by atoms with van der Waals surface area (Å²) in [6.45, 7) is 4.69. The van der Waals surface area contributed by atoms with Crippen LogP contribution < -0.4 is 16.2 Å². The van der Waals surface area contributed by atoms with Crippen LogP contribution in [0.3, 0.4) is 0 Å². The highest BCUT2D eigenvalue weighted by molar-refractivity contribution is 5.69. The summed E-state index contributed by atoms with van der Waals surface area (Å²) in [6.07, 6.45) is 1.24. The number of nitrogens with zero attached hydrogens (tertiary/aromatic N) is 4. The van der Waals surface area contributed by atoms with Gasteiger partial charge < -0.3 is 10.3 Å². The van der Waals surface area contributed by atoms with Crippen LogP contribution in [-0.2, 0) is 0 Å². The molecule has 0 aliphatic carbocycles. The number of nitrogens with one attached hydrogen (secondary N) is 1. The van der Waals surface area contributed by atoms with Crippen LogP contribution in [0.4, 0.5) is 17.3 Å². The molecule has 8 nitrogen and oxygen atoms in total. The van der Waals surface area contributed by atoms with E-state index in [1.807, 2.05) is 13.8 Å². The van der Waals surface area contributed by atoms with Crippen molar-refractivity contribution in [2.45, 2.75) is 13.8 Å². The van der Waals surface area contributed by atoms with Crippen molar-refractivity contribution in [2.75, 3.05) is 23.9 Å². The zero-order chi connectivity index (χ0) is 13.0. The summed E-state index contributed by atoms with van der Waals surface area (Å²) < 4.78 is 0. The minimum Gasteiger partial charge on any atom is -0.354 e. The molecule has 94 valence electrons. The van der Waals surface area contributed by atoms with Gasteiger partial charge in [0.15, 0.2) is 0 Å². The third-order valence-electron chi connectivity index (χ3n) is 2.12. The molecule has 0 amide bonds. The molecule has 0 saturated heterocycles. The molecule has 0 aromatic carbocycles. The van der Waals surface area contributed by atoms with E-state index in [4.69, 9.17) is 5.84 Å². The van der Waals surface area contributed by atoms with Crippen molar-refractivity contribution >= 4 is 17.3 Å². The van der Waals surface area contributed by atoms with E-state index in [1.165, 1.54) is 6.33 Å². The number of anilines is 2. The van der Waals surface area contributed by atoms with Gasteiger partial charge in [0, 0.05) is 13.6 Å². The maximum atomic E-state index is 11.0. The monoisotopic (exact) mass is 240 g/mol. The number of nitro groups is 1. The second kappa shape index (κ2) is 5.39. The van der Waals surface area contributed by atoms with Crippen LogP contribution in [0, 0.1) is 16.0 Å². The Morgan fingerprint density at radius 2 is 2.24 bits per heavy atom. The molecule has 0 radical (unpaired) electrons. The van der Waals surface area contributed by atoms with E-state index < -0.39 is 4.92 Å². The van der Waals surface area contributed by atoms with E-state index in [-0.39, 0.29) is 17.3 Å². The van der Waals surface area contributed by atoms with Gasteiger partial charge in [-0.1, -0.05) is 13.8 Å². The van der Waals surface area contributed by atoms with Gasteiger partial charge >= 0.3 is 5.69 Å². The van der Waals surface area contributed by atoms with Gasteiger partial charge in [0.25, 0.3) is 0 Å². The maximum Gasteiger partial charge on any atom is 0.354 e. The third-order valence-corrected chi connectivity index (χ3v) is 2.12. The molecule has 17 heavy (non-hydrogen) atoms. The van der Waals surface area contributed by atoms with Crippen LogP contribution in [0.5, 0.6) is 0 Å². The van der Waals surface area contributed by atoms with E-state index >= 15 is 0 Å². The van der Waals surface area contributed by atoms with Crippen molar-refractivity contribution in [3.05, 3.63) is 16.4 Å². The first-order valence-corrected chi connectivity index (χ1v) is 5.14. The molecule has 1 aromatic rings. The molecule has 0 aliphatic heterocycles. The largest absolute Gasteiger partial charge is 0.354 e. The summed E-state index contributed by atoms with van der Waals surface area (Å²) in [6, 6.07) is 0. The van der Waals surface area contributed by atoms with Gasteiger partial charge in [0.05, 0.1) is 4.92 Å². The minimum atomic E-state index is -0.540. The Morgan fingerprint density at radius 1 is 1.59 bits per heavy atom. The quantitative estimate of drug-likeness (QED) is 0.444. The number of nitrogen functional groups attached to an aromatic ring is 1. The Morgan fingerprint density at radius 3 is 2.71 bits per heavy atom. The summed E-state index contributed by atoms with van der Waals surface area (Å²) in [5.41, 5.74) is 2.00. The van der Waals surface area contributed by atoms with Crippen molar-refractivity contribution in [1.82, 2.24) is 9.97 Å². The second-order valence-corrected chi connectivity index (χ2v) is 4.07. The van der Waals surface area contributed by atoms with Gasteiger partial charge in [-0.05, 0) is 5.92 Å². The molecule has 0 saturated carbocycles. The molecule has 3 N–H and O–H groups in total. The molecule has 0 bridgehead atoms. The van der Waals surface area contributed by atoms with Crippen molar-refractivity contribution in [2.24, 2.45) is 11.8 Å². The van der Waals surface area contributed by atoms with Crippen molar-refractivity contribution in [3.63, 3.8) is 0 Å². The summed E-state index contributed by atoms with van der Waals surface area (Å²) in [5, 5.41) is 11.0. The van der Waals surface area contributed by atoms with E-state index in [9.17, 15) is 10.1 Å². The summed E-state index contributed by atoms with van der Waals surface area (Å²) in [5.74, 6) is 5.83. The molecular weight excluding hydrogens is 224 g/mol. The minimum absolute atomic E-state index is 0.00982. The summed E-state index contributed by atoms with van der Waals surface area (Å²) >= 11 is 0. The van der Waals surface area contributed by atoms with Crippen LogP contribution in [0.25, 0.3) is 0 Å². The molecule has 0 fully saturated rings. The first-order chi connectivity index (χ1) is 7.97. The van der Waals surface area contributed by atoms with Crippen LogP contribution in [-0.4, -0.2) is 28.5 Å². The Kier molecular flexibility index (Phi) is 4.16. The molecular formula is C9H16N6O2. The molecule has 1 heterocycles. The van der Waals surface area contributed by atoms with Gasteiger partial charge in [0.1, 0.15) is 6.33 Å². The smallest absolute Gasteiger partial charge is 0.354 e. The summed E-state index contributed by atoms with van der Waals surface area (Å²) in [7, 11) is 1.75. The lowest BCUT2D eigenvalue weighted by Gasteiger charge is -2.20.